The molecule has 2 heterocycles. The molecule has 5 nitrogen and oxygen atoms in total. The number of ether oxygens (including phenoxy) is 1. The molecule has 0 N–H and O–H groups in total. The number of thioether (sulfide) groups is 1. The van der Waals surface area contributed by atoms with E-state index in [0.717, 1.165) is 23.8 Å². The normalized spacial score (nSPS) is 20.5. The zero-order valence-corrected chi connectivity index (χ0v) is 12.1. The quantitative estimate of drug-likeness (QED) is 0.741. The van der Waals surface area contributed by atoms with Gasteiger partial charge in [-0.25, -0.2) is 0 Å². The van der Waals surface area contributed by atoms with Gasteiger partial charge in [0.2, 0.25) is 0 Å². The fraction of sp³-hybridized carbons (Fsp3) is 0.267. The topological polar surface area (TPSA) is 65.7 Å². The van der Waals surface area contributed by atoms with Crippen LogP contribution in [0, 0.1) is 11.3 Å². The Hall–Kier alpha value is -2.10. The van der Waals surface area contributed by atoms with E-state index in [9.17, 15) is 4.79 Å². The molecule has 0 unspecified atom stereocenters. The second-order valence-electron chi connectivity index (χ2n) is 4.64. The van der Waals surface area contributed by atoms with Crippen LogP contribution in [0.3, 0.4) is 0 Å². The van der Waals surface area contributed by atoms with Crippen molar-refractivity contribution in [3.05, 3.63) is 40.3 Å². The summed E-state index contributed by atoms with van der Waals surface area (Å²) in [5.74, 6) is -0.203. The Kier molecular flexibility index (Phi) is 4.04. The number of aliphatic imine (C=N–C) groups is 1. The molecule has 0 saturated carbocycles. The molecule has 1 saturated heterocycles. The highest BCUT2D eigenvalue weighted by atomic mass is 32.2. The van der Waals surface area contributed by atoms with Gasteiger partial charge < -0.3 is 9.64 Å². The first kappa shape index (κ1) is 13.9. The summed E-state index contributed by atoms with van der Waals surface area (Å²) in [6, 6.07) is 9.20. The molecule has 0 radical (unpaired) electrons. The minimum Gasteiger partial charge on any atom is -0.378 e. The molecule has 2 aliphatic heterocycles. The average Bonchev–Trinajstić information content (AvgIpc) is 2.90. The van der Waals surface area contributed by atoms with Crippen molar-refractivity contribution in [2.45, 2.75) is 0 Å². The summed E-state index contributed by atoms with van der Waals surface area (Å²) in [6.07, 6.45) is 1.81. The SMILES string of the molecule is N#Cc1ccc(/C=C2\SC(N3CCOCC3)=NC2=O)cc1. The highest BCUT2D eigenvalue weighted by Gasteiger charge is 2.26. The lowest BCUT2D eigenvalue weighted by atomic mass is 10.1. The van der Waals surface area contributed by atoms with Crippen LogP contribution >= 0.6 is 11.8 Å². The van der Waals surface area contributed by atoms with Crippen molar-refractivity contribution in [2.75, 3.05) is 26.3 Å². The summed E-state index contributed by atoms with van der Waals surface area (Å²) in [5.41, 5.74) is 1.50. The predicted octanol–water partition coefficient (Wildman–Crippen LogP) is 1.86. The number of morpholine rings is 1. The van der Waals surface area contributed by atoms with Gasteiger partial charge in [-0.15, -0.1) is 0 Å². The molecule has 106 valence electrons. The van der Waals surface area contributed by atoms with E-state index in [1.165, 1.54) is 11.8 Å². The van der Waals surface area contributed by atoms with Crippen molar-refractivity contribution < 1.29 is 9.53 Å². The third kappa shape index (κ3) is 3.15. The molecular formula is C15H13N3O2S. The molecule has 0 atom stereocenters. The zero-order valence-electron chi connectivity index (χ0n) is 11.3. The Morgan fingerprint density at radius 3 is 2.67 bits per heavy atom. The largest absolute Gasteiger partial charge is 0.378 e. The first-order valence-electron chi connectivity index (χ1n) is 6.62. The summed E-state index contributed by atoms with van der Waals surface area (Å²) in [5, 5.41) is 9.53. The van der Waals surface area contributed by atoms with Crippen LogP contribution in [0.25, 0.3) is 6.08 Å². The Morgan fingerprint density at radius 1 is 1.29 bits per heavy atom. The van der Waals surface area contributed by atoms with Gasteiger partial charge in [-0.05, 0) is 35.5 Å². The Bertz CT molecular complexity index is 652. The van der Waals surface area contributed by atoms with Crippen molar-refractivity contribution in [1.82, 2.24) is 4.90 Å². The molecule has 1 amide bonds. The molecule has 3 rings (SSSR count). The monoisotopic (exact) mass is 299 g/mol. The number of amides is 1. The average molecular weight is 299 g/mol. The first-order valence-corrected chi connectivity index (χ1v) is 7.43. The van der Waals surface area contributed by atoms with Crippen LogP contribution in [-0.2, 0) is 9.53 Å². The van der Waals surface area contributed by atoms with Gasteiger partial charge in [-0.3, -0.25) is 4.79 Å². The van der Waals surface area contributed by atoms with Crippen LogP contribution in [-0.4, -0.2) is 42.3 Å². The Balaban J connectivity index is 1.74. The van der Waals surface area contributed by atoms with E-state index in [-0.39, 0.29) is 5.91 Å². The van der Waals surface area contributed by atoms with Gasteiger partial charge in [0.15, 0.2) is 5.17 Å². The van der Waals surface area contributed by atoms with Gasteiger partial charge in [0, 0.05) is 13.1 Å². The summed E-state index contributed by atoms with van der Waals surface area (Å²) in [4.78, 5) is 18.8. The molecule has 21 heavy (non-hydrogen) atoms. The number of amidine groups is 1. The maximum atomic E-state index is 12.0. The molecule has 2 aliphatic rings. The second-order valence-corrected chi connectivity index (χ2v) is 5.65. The van der Waals surface area contributed by atoms with Gasteiger partial charge in [-0.1, -0.05) is 12.1 Å². The van der Waals surface area contributed by atoms with E-state index >= 15 is 0 Å². The van der Waals surface area contributed by atoms with E-state index in [2.05, 4.69) is 16.0 Å². The lowest BCUT2D eigenvalue weighted by molar-refractivity contribution is -0.113. The third-order valence-corrected chi connectivity index (χ3v) is 4.27. The minimum absolute atomic E-state index is 0.203. The molecule has 0 bridgehead atoms. The molecule has 1 fully saturated rings. The molecule has 6 heteroatoms. The predicted molar refractivity (Wildman–Crippen MR) is 81.6 cm³/mol. The molecule has 1 aromatic carbocycles. The van der Waals surface area contributed by atoms with Crippen LogP contribution in [0.1, 0.15) is 11.1 Å². The summed E-state index contributed by atoms with van der Waals surface area (Å²) in [7, 11) is 0. The second kappa shape index (κ2) is 6.12. The number of nitrogens with zero attached hydrogens (tertiary/aromatic N) is 3. The highest BCUT2D eigenvalue weighted by Crippen LogP contribution is 2.30. The van der Waals surface area contributed by atoms with E-state index in [4.69, 9.17) is 10.00 Å². The van der Waals surface area contributed by atoms with Gasteiger partial charge in [-0.2, -0.15) is 10.3 Å². The number of carbonyl (C=O) groups is 1. The van der Waals surface area contributed by atoms with E-state index in [1.807, 2.05) is 18.2 Å². The van der Waals surface area contributed by atoms with Crippen molar-refractivity contribution in [3.63, 3.8) is 0 Å². The number of rotatable bonds is 1. The summed E-state index contributed by atoms with van der Waals surface area (Å²) in [6.45, 7) is 2.87. The van der Waals surface area contributed by atoms with Gasteiger partial charge in [0.1, 0.15) is 0 Å². The lowest BCUT2D eigenvalue weighted by Crippen LogP contribution is -2.38. The van der Waals surface area contributed by atoms with Gasteiger partial charge in [0.05, 0.1) is 29.8 Å². The van der Waals surface area contributed by atoms with Crippen molar-refractivity contribution in [1.29, 1.82) is 5.26 Å². The molecule has 0 aromatic heterocycles. The smallest absolute Gasteiger partial charge is 0.286 e. The summed E-state index contributed by atoms with van der Waals surface area (Å²) >= 11 is 1.40. The van der Waals surface area contributed by atoms with Crippen LogP contribution in [0.4, 0.5) is 0 Å². The minimum atomic E-state index is -0.203. The molecule has 0 aliphatic carbocycles. The van der Waals surface area contributed by atoms with Crippen LogP contribution < -0.4 is 0 Å². The number of hydrogen-bond donors (Lipinski definition) is 0. The van der Waals surface area contributed by atoms with Gasteiger partial charge in [0.25, 0.3) is 5.91 Å². The lowest BCUT2D eigenvalue weighted by Gasteiger charge is -2.27. The summed E-state index contributed by atoms with van der Waals surface area (Å²) < 4.78 is 5.30. The number of hydrogen-bond acceptors (Lipinski definition) is 5. The number of carbonyl (C=O) groups excluding carboxylic acids is 1. The van der Waals surface area contributed by atoms with Crippen molar-refractivity contribution in [3.8, 4) is 6.07 Å². The van der Waals surface area contributed by atoms with Crippen LogP contribution in [0.2, 0.25) is 0 Å². The maximum absolute atomic E-state index is 12.0. The van der Waals surface area contributed by atoms with E-state index in [1.54, 1.807) is 12.1 Å². The number of benzene rings is 1. The van der Waals surface area contributed by atoms with Gasteiger partial charge >= 0.3 is 0 Å². The zero-order chi connectivity index (χ0) is 14.7. The molecule has 0 spiro atoms. The highest BCUT2D eigenvalue weighted by molar-refractivity contribution is 8.18. The van der Waals surface area contributed by atoms with Crippen molar-refractivity contribution in [2.24, 2.45) is 4.99 Å². The third-order valence-electron chi connectivity index (χ3n) is 3.23. The molecular weight excluding hydrogens is 286 g/mol. The Morgan fingerprint density at radius 2 is 2.00 bits per heavy atom. The first-order chi connectivity index (χ1) is 10.3. The fourth-order valence-corrected chi connectivity index (χ4v) is 3.06. The van der Waals surface area contributed by atoms with E-state index < -0.39 is 0 Å². The molecule has 1 aromatic rings. The van der Waals surface area contributed by atoms with E-state index in [0.29, 0.717) is 23.7 Å². The Labute approximate surface area is 126 Å². The van der Waals surface area contributed by atoms with Crippen LogP contribution in [0.15, 0.2) is 34.2 Å². The standard InChI is InChI=1S/C15H13N3O2S/c16-10-12-3-1-11(2-4-12)9-13-14(19)17-15(21-13)18-5-7-20-8-6-18/h1-4,9H,5-8H2/b13-9-. The fourth-order valence-electron chi connectivity index (χ4n) is 2.09. The van der Waals surface area contributed by atoms with Crippen LogP contribution in [0.5, 0.6) is 0 Å². The number of nitriles is 1. The van der Waals surface area contributed by atoms with Crippen molar-refractivity contribution >= 4 is 28.9 Å². The maximum Gasteiger partial charge on any atom is 0.286 e.